The summed E-state index contributed by atoms with van der Waals surface area (Å²) in [6.45, 7) is 2.71. The summed E-state index contributed by atoms with van der Waals surface area (Å²) in [6, 6.07) is 6.99. The minimum absolute atomic E-state index is 0.120. The third kappa shape index (κ3) is 4.11. The Hall–Kier alpha value is -3.43. The van der Waals surface area contributed by atoms with Crippen molar-refractivity contribution in [3.8, 4) is 5.75 Å². The predicted octanol–water partition coefficient (Wildman–Crippen LogP) is 2.15. The molecular weight excluding hydrogens is 364 g/mol. The molecule has 148 valence electrons. The molecular formula is C18H22N6O4. The summed E-state index contributed by atoms with van der Waals surface area (Å²) in [5, 5.41) is 14.5. The average molecular weight is 386 g/mol. The Kier molecular flexibility index (Phi) is 5.57. The summed E-state index contributed by atoms with van der Waals surface area (Å²) < 4.78 is 5.12. The molecule has 0 saturated carbocycles. The number of aromatic nitrogens is 2. The van der Waals surface area contributed by atoms with Crippen molar-refractivity contribution in [1.82, 2.24) is 9.97 Å². The first-order valence-corrected chi connectivity index (χ1v) is 8.87. The van der Waals surface area contributed by atoms with Crippen molar-refractivity contribution in [1.29, 1.82) is 0 Å². The summed E-state index contributed by atoms with van der Waals surface area (Å²) >= 11 is 0. The van der Waals surface area contributed by atoms with Gasteiger partial charge >= 0.3 is 5.69 Å². The van der Waals surface area contributed by atoms with E-state index in [1.54, 1.807) is 38.3 Å². The highest BCUT2D eigenvalue weighted by Gasteiger charge is 2.28. The van der Waals surface area contributed by atoms with Crippen LogP contribution in [-0.4, -0.2) is 41.0 Å². The zero-order valence-electron chi connectivity index (χ0n) is 15.7. The standard InChI is InChI=1S/C18H22N6O4/c1-11-15(24(26)27)17(21-13-3-5-14(28-2)6-4-13)22-18(20-11)23-9-7-12(8-10-23)16(19)25/h3-6,12H,7-10H2,1-2H3,(H2,19,25)(H,20,21,22). The van der Waals surface area contributed by atoms with Crippen LogP contribution in [0.3, 0.4) is 0 Å². The second-order valence-electron chi connectivity index (χ2n) is 6.58. The number of nitrogens with one attached hydrogen (secondary N) is 1. The lowest BCUT2D eigenvalue weighted by Gasteiger charge is -2.30. The van der Waals surface area contributed by atoms with Gasteiger partial charge in [0.2, 0.25) is 17.7 Å². The van der Waals surface area contributed by atoms with Gasteiger partial charge in [0, 0.05) is 24.7 Å². The minimum atomic E-state index is -0.496. The molecule has 0 aliphatic carbocycles. The van der Waals surface area contributed by atoms with Gasteiger partial charge in [-0.2, -0.15) is 4.98 Å². The van der Waals surface area contributed by atoms with Crippen LogP contribution in [-0.2, 0) is 4.79 Å². The first-order chi connectivity index (χ1) is 13.4. The van der Waals surface area contributed by atoms with Crippen LogP contribution in [0.2, 0.25) is 0 Å². The Labute approximate surface area is 161 Å². The maximum Gasteiger partial charge on any atom is 0.332 e. The first kappa shape index (κ1) is 19.3. The molecule has 3 N–H and O–H groups in total. The maximum absolute atomic E-state index is 11.5. The van der Waals surface area contributed by atoms with E-state index in [1.165, 1.54) is 0 Å². The minimum Gasteiger partial charge on any atom is -0.497 e. The van der Waals surface area contributed by atoms with E-state index < -0.39 is 4.92 Å². The highest BCUT2D eigenvalue weighted by Crippen LogP contribution is 2.31. The zero-order valence-corrected chi connectivity index (χ0v) is 15.7. The molecule has 10 heteroatoms. The number of amides is 1. The fourth-order valence-electron chi connectivity index (χ4n) is 3.17. The smallest absolute Gasteiger partial charge is 0.332 e. The Morgan fingerprint density at radius 3 is 2.46 bits per heavy atom. The third-order valence-electron chi connectivity index (χ3n) is 4.76. The molecule has 0 radical (unpaired) electrons. The number of nitrogens with zero attached hydrogens (tertiary/aromatic N) is 4. The van der Waals surface area contributed by atoms with Crippen molar-refractivity contribution in [3.05, 3.63) is 40.1 Å². The van der Waals surface area contributed by atoms with Crippen LogP contribution in [0, 0.1) is 23.0 Å². The van der Waals surface area contributed by atoms with Crippen molar-refractivity contribution in [2.24, 2.45) is 11.7 Å². The Bertz CT molecular complexity index is 878. The van der Waals surface area contributed by atoms with E-state index in [0.29, 0.717) is 43.3 Å². The molecule has 1 aliphatic rings. The number of piperidine rings is 1. The van der Waals surface area contributed by atoms with Crippen molar-refractivity contribution >= 4 is 29.0 Å². The number of rotatable bonds is 6. The molecule has 10 nitrogen and oxygen atoms in total. The number of hydrogen-bond donors (Lipinski definition) is 2. The van der Waals surface area contributed by atoms with Gasteiger partial charge in [-0.1, -0.05) is 0 Å². The van der Waals surface area contributed by atoms with Crippen LogP contribution in [0.4, 0.5) is 23.1 Å². The average Bonchev–Trinajstić information content (AvgIpc) is 2.68. The maximum atomic E-state index is 11.5. The lowest BCUT2D eigenvalue weighted by Crippen LogP contribution is -2.39. The normalized spacial score (nSPS) is 14.6. The van der Waals surface area contributed by atoms with E-state index >= 15 is 0 Å². The molecule has 1 amide bonds. The lowest BCUT2D eigenvalue weighted by atomic mass is 9.96. The topological polar surface area (TPSA) is 137 Å². The molecule has 2 aromatic rings. The number of carbonyl (C=O) groups is 1. The number of anilines is 3. The molecule has 0 bridgehead atoms. The Balaban J connectivity index is 1.89. The SMILES string of the molecule is COc1ccc(Nc2nc(N3CCC(C(N)=O)CC3)nc(C)c2[N+](=O)[O-])cc1. The number of aryl methyl sites for hydroxylation is 1. The third-order valence-corrected chi connectivity index (χ3v) is 4.76. The summed E-state index contributed by atoms with van der Waals surface area (Å²) in [6.07, 6.45) is 1.21. The van der Waals surface area contributed by atoms with Crippen LogP contribution in [0.15, 0.2) is 24.3 Å². The van der Waals surface area contributed by atoms with Crippen molar-refractivity contribution in [3.63, 3.8) is 0 Å². The molecule has 0 spiro atoms. The number of nitrogens with two attached hydrogens (primary N) is 1. The Morgan fingerprint density at radius 1 is 1.29 bits per heavy atom. The van der Waals surface area contributed by atoms with Crippen LogP contribution in [0.1, 0.15) is 18.5 Å². The van der Waals surface area contributed by atoms with E-state index in [1.807, 2.05) is 4.90 Å². The van der Waals surface area contributed by atoms with Crippen molar-refractivity contribution < 1.29 is 14.5 Å². The van der Waals surface area contributed by atoms with Crippen LogP contribution < -0.4 is 20.7 Å². The van der Waals surface area contributed by atoms with Gasteiger partial charge in [0.25, 0.3) is 0 Å². The molecule has 0 unspecified atom stereocenters. The van der Waals surface area contributed by atoms with Gasteiger partial charge in [0.05, 0.1) is 12.0 Å². The quantitative estimate of drug-likeness (QED) is 0.569. The number of nitro groups is 1. The fraction of sp³-hybridized carbons (Fsp3) is 0.389. The lowest BCUT2D eigenvalue weighted by molar-refractivity contribution is -0.385. The predicted molar refractivity (Wildman–Crippen MR) is 104 cm³/mol. The molecule has 2 heterocycles. The first-order valence-electron chi connectivity index (χ1n) is 8.87. The van der Waals surface area contributed by atoms with Gasteiger partial charge in [-0.3, -0.25) is 14.9 Å². The summed E-state index contributed by atoms with van der Waals surface area (Å²) in [5.74, 6) is 0.725. The molecule has 1 aromatic heterocycles. The van der Waals surface area contributed by atoms with Gasteiger partial charge in [-0.05, 0) is 44.0 Å². The largest absolute Gasteiger partial charge is 0.497 e. The highest BCUT2D eigenvalue weighted by atomic mass is 16.6. The van der Waals surface area contributed by atoms with E-state index in [9.17, 15) is 14.9 Å². The molecule has 3 rings (SSSR count). The number of hydrogen-bond acceptors (Lipinski definition) is 8. The molecule has 1 saturated heterocycles. The zero-order chi connectivity index (χ0) is 20.3. The van der Waals surface area contributed by atoms with E-state index in [2.05, 4.69) is 15.3 Å². The van der Waals surface area contributed by atoms with E-state index in [-0.39, 0.29) is 29.0 Å². The number of primary amides is 1. The molecule has 1 aromatic carbocycles. The number of methoxy groups -OCH3 is 1. The second kappa shape index (κ2) is 8.07. The number of ether oxygens (including phenoxy) is 1. The highest BCUT2D eigenvalue weighted by molar-refractivity contribution is 5.77. The molecule has 1 fully saturated rings. The van der Waals surface area contributed by atoms with E-state index in [4.69, 9.17) is 10.5 Å². The monoisotopic (exact) mass is 386 g/mol. The Morgan fingerprint density at radius 2 is 1.93 bits per heavy atom. The second-order valence-corrected chi connectivity index (χ2v) is 6.58. The summed E-state index contributed by atoms with van der Waals surface area (Å²) in [4.78, 5) is 33.0. The van der Waals surface area contributed by atoms with Crippen LogP contribution in [0.5, 0.6) is 5.75 Å². The summed E-state index contributed by atoms with van der Waals surface area (Å²) in [7, 11) is 1.56. The summed E-state index contributed by atoms with van der Waals surface area (Å²) in [5.41, 5.74) is 6.11. The van der Waals surface area contributed by atoms with Crippen molar-refractivity contribution in [2.45, 2.75) is 19.8 Å². The van der Waals surface area contributed by atoms with Crippen LogP contribution >= 0.6 is 0 Å². The van der Waals surface area contributed by atoms with Gasteiger partial charge in [0.1, 0.15) is 11.4 Å². The van der Waals surface area contributed by atoms with Gasteiger partial charge in [-0.15, -0.1) is 0 Å². The van der Waals surface area contributed by atoms with Crippen LogP contribution in [0.25, 0.3) is 0 Å². The number of benzene rings is 1. The number of carbonyl (C=O) groups excluding carboxylic acids is 1. The van der Waals surface area contributed by atoms with Gasteiger partial charge in [0.15, 0.2) is 0 Å². The fourth-order valence-corrected chi connectivity index (χ4v) is 3.17. The van der Waals surface area contributed by atoms with E-state index in [0.717, 1.165) is 0 Å². The molecule has 0 atom stereocenters. The molecule has 28 heavy (non-hydrogen) atoms. The van der Waals surface area contributed by atoms with Gasteiger partial charge < -0.3 is 20.7 Å². The van der Waals surface area contributed by atoms with Crippen molar-refractivity contribution in [2.75, 3.05) is 30.4 Å². The molecule has 1 aliphatic heterocycles. The van der Waals surface area contributed by atoms with Gasteiger partial charge in [-0.25, -0.2) is 4.98 Å².